The highest BCUT2D eigenvalue weighted by molar-refractivity contribution is 8.00. The van der Waals surface area contributed by atoms with E-state index in [4.69, 9.17) is 21.1 Å². The number of halogens is 2. The second-order valence-electron chi connectivity index (χ2n) is 9.86. The van der Waals surface area contributed by atoms with Crippen molar-refractivity contribution in [3.05, 3.63) is 119 Å². The van der Waals surface area contributed by atoms with Crippen LogP contribution in [0.1, 0.15) is 29.3 Å². The van der Waals surface area contributed by atoms with Gasteiger partial charge in [-0.05, 0) is 67.1 Å². The molecule has 3 N–H and O–H groups in total. The standard InChI is InChI=1S/C34H29ClFN3O5S/c1-2-31(34(42)38-23-14-15-29-30(19-23)44-17-16-43-29)45-24-11-6-10-22(18-24)37-33(41)28(20-25-26(35)12-7-13-27(25)36)39-32(40)21-8-4-3-5-9-21/h3-15,18-20,31H,2,16-17H2,1H3,(H,37,41)(H,38,42)(H,39,40)/b28-20+. The van der Waals surface area contributed by atoms with Gasteiger partial charge >= 0.3 is 0 Å². The SMILES string of the molecule is CCC(Sc1cccc(NC(=O)/C(=C\c2c(F)cccc2Cl)NC(=O)c2ccccc2)c1)C(=O)Nc1ccc2c(c1)OCCO2. The van der Waals surface area contributed by atoms with Crippen LogP contribution in [-0.4, -0.2) is 36.2 Å². The first kappa shape index (κ1) is 31.6. The molecule has 5 rings (SSSR count). The molecule has 45 heavy (non-hydrogen) atoms. The molecule has 0 aromatic heterocycles. The van der Waals surface area contributed by atoms with Gasteiger partial charge in [-0.3, -0.25) is 14.4 Å². The van der Waals surface area contributed by atoms with Crippen molar-refractivity contribution in [3.8, 4) is 11.5 Å². The monoisotopic (exact) mass is 645 g/mol. The van der Waals surface area contributed by atoms with E-state index in [1.807, 2.05) is 13.0 Å². The third kappa shape index (κ3) is 8.23. The Kier molecular flexibility index (Phi) is 10.4. The summed E-state index contributed by atoms with van der Waals surface area (Å²) in [6.07, 6.45) is 1.74. The van der Waals surface area contributed by atoms with Crippen molar-refractivity contribution in [2.75, 3.05) is 23.8 Å². The maximum Gasteiger partial charge on any atom is 0.272 e. The molecule has 1 aliphatic heterocycles. The van der Waals surface area contributed by atoms with Crippen LogP contribution in [0.5, 0.6) is 11.5 Å². The van der Waals surface area contributed by atoms with Crippen LogP contribution in [-0.2, 0) is 9.59 Å². The van der Waals surface area contributed by atoms with Gasteiger partial charge in [0, 0.05) is 33.5 Å². The molecule has 1 unspecified atom stereocenters. The lowest BCUT2D eigenvalue weighted by molar-refractivity contribution is -0.116. The number of thioether (sulfide) groups is 1. The predicted octanol–water partition coefficient (Wildman–Crippen LogP) is 7.17. The third-order valence-corrected chi connectivity index (χ3v) is 8.35. The molecule has 0 fully saturated rings. The molecule has 11 heteroatoms. The normalized spacial score (nSPS) is 13.0. The molecular weight excluding hydrogens is 617 g/mol. The van der Waals surface area contributed by atoms with Gasteiger partial charge in [0.15, 0.2) is 11.5 Å². The number of hydrogen-bond donors (Lipinski definition) is 3. The predicted molar refractivity (Wildman–Crippen MR) is 174 cm³/mol. The summed E-state index contributed by atoms with van der Waals surface area (Å²) in [5, 5.41) is 7.91. The number of carbonyl (C=O) groups is 3. The maximum absolute atomic E-state index is 14.6. The van der Waals surface area contributed by atoms with Gasteiger partial charge in [0.05, 0.1) is 10.3 Å². The topological polar surface area (TPSA) is 106 Å². The zero-order valence-corrected chi connectivity index (χ0v) is 25.7. The van der Waals surface area contributed by atoms with Gasteiger partial charge in [0.25, 0.3) is 11.8 Å². The van der Waals surface area contributed by atoms with Crippen LogP contribution >= 0.6 is 23.4 Å². The number of nitrogens with one attached hydrogen (secondary N) is 3. The zero-order chi connectivity index (χ0) is 31.8. The molecule has 4 aromatic carbocycles. The lowest BCUT2D eigenvalue weighted by Gasteiger charge is -2.20. The van der Waals surface area contributed by atoms with Crippen molar-refractivity contribution in [1.29, 1.82) is 0 Å². The Morgan fingerprint density at radius 1 is 0.889 bits per heavy atom. The number of anilines is 2. The van der Waals surface area contributed by atoms with Crippen molar-refractivity contribution in [3.63, 3.8) is 0 Å². The van der Waals surface area contributed by atoms with E-state index in [-0.39, 0.29) is 22.2 Å². The highest BCUT2D eigenvalue weighted by atomic mass is 35.5. The van der Waals surface area contributed by atoms with E-state index in [1.165, 1.54) is 36.0 Å². The highest BCUT2D eigenvalue weighted by Crippen LogP contribution is 2.34. The molecule has 3 amide bonds. The van der Waals surface area contributed by atoms with Crippen molar-refractivity contribution in [2.45, 2.75) is 23.5 Å². The molecule has 1 aliphatic rings. The zero-order valence-electron chi connectivity index (χ0n) is 24.1. The van der Waals surface area contributed by atoms with Gasteiger partial charge in [-0.15, -0.1) is 11.8 Å². The van der Waals surface area contributed by atoms with Gasteiger partial charge in [-0.25, -0.2) is 4.39 Å². The quantitative estimate of drug-likeness (QED) is 0.125. The second-order valence-corrected chi connectivity index (χ2v) is 11.5. The van der Waals surface area contributed by atoms with Crippen LogP contribution in [0.15, 0.2) is 102 Å². The summed E-state index contributed by atoms with van der Waals surface area (Å²) in [6, 6.07) is 24.7. The number of hydrogen-bond acceptors (Lipinski definition) is 6. The minimum Gasteiger partial charge on any atom is -0.486 e. The average molecular weight is 646 g/mol. The van der Waals surface area contributed by atoms with Crippen molar-refractivity contribution < 1.29 is 28.2 Å². The molecular formula is C34H29ClFN3O5S. The van der Waals surface area contributed by atoms with E-state index in [9.17, 15) is 18.8 Å². The highest BCUT2D eigenvalue weighted by Gasteiger charge is 2.21. The van der Waals surface area contributed by atoms with Gasteiger partial charge < -0.3 is 25.4 Å². The Balaban J connectivity index is 1.31. The lowest BCUT2D eigenvalue weighted by atomic mass is 10.1. The maximum atomic E-state index is 14.6. The minimum absolute atomic E-state index is 0.0446. The Labute approximate surface area is 269 Å². The first-order valence-corrected chi connectivity index (χ1v) is 15.4. The number of ether oxygens (including phenoxy) is 2. The largest absolute Gasteiger partial charge is 0.486 e. The first-order valence-electron chi connectivity index (χ1n) is 14.1. The smallest absolute Gasteiger partial charge is 0.272 e. The summed E-state index contributed by atoms with van der Waals surface area (Å²) in [6.45, 7) is 2.83. The van der Waals surface area contributed by atoms with Crippen molar-refractivity contribution in [2.24, 2.45) is 0 Å². The Bertz CT molecular complexity index is 1730. The number of carbonyl (C=O) groups excluding carboxylic acids is 3. The molecule has 4 aromatic rings. The molecule has 1 heterocycles. The summed E-state index contributed by atoms with van der Waals surface area (Å²) in [5.41, 5.74) is 1.06. The van der Waals surface area contributed by atoms with E-state index >= 15 is 0 Å². The van der Waals surface area contributed by atoms with Gasteiger partial charge in [0.1, 0.15) is 24.7 Å². The number of amides is 3. The Morgan fingerprint density at radius 3 is 2.38 bits per heavy atom. The fraction of sp³-hybridized carbons (Fsp3) is 0.147. The summed E-state index contributed by atoms with van der Waals surface area (Å²) in [7, 11) is 0. The van der Waals surface area contributed by atoms with E-state index in [2.05, 4.69) is 16.0 Å². The van der Waals surface area contributed by atoms with E-state index in [0.717, 1.165) is 4.90 Å². The van der Waals surface area contributed by atoms with Crippen molar-refractivity contribution >= 4 is 58.5 Å². The van der Waals surface area contributed by atoms with Gasteiger partial charge in [0.2, 0.25) is 5.91 Å². The van der Waals surface area contributed by atoms with E-state index in [1.54, 1.807) is 66.7 Å². The third-order valence-electron chi connectivity index (χ3n) is 6.66. The van der Waals surface area contributed by atoms with Crippen LogP contribution < -0.4 is 25.4 Å². The van der Waals surface area contributed by atoms with Gasteiger partial charge in [-0.1, -0.05) is 48.9 Å². The van der Waals surface area contributed by atoms with Gasteiger partial charge in [-0.2, -0.15) is 0 Å². The number of rotatable bonds is 10. The molecule has 0 saturated carbocycles. The Hall–Kier alpha value is -4.80. The van der Waals surface area contributed by atoms with Crippen LogP contribution in [0.3, 0.4) is 0 Å². The molecule has 0 saturated heterocycles. The summed E-state index contributed by atoms with van der Waals surface area (Å²) < 4.78 is 25.8. The molecule has 0 aliphatic carbocycles. The fourth-order valence-electron chi connectivity index (χ4n) is 4.41. The van der Waals surface area contributed by atoms with Crippen molar-refractivity contribution in [1.82, 2.24) is 5.32 Å². The Morgan fingerprint density at radius 2 is 1.62 bits per heavy atom. The molecule has 1 atom stereocenters. The van der Waals surface area contributed by atoms with Crippen LogP contribution in [0.2, 0.25) is 5.02 Å². The second kappa shape index (κ2) is 14.8. The summed E-state index contributed by atoms with van der Waals surface area (Å²) >= 11 is 7.54. The van der Waals surface area contributed by atoms with Crippen LogP contribution in [0.4, 0.5) is 15.8 Å². The molecule has 230 valence electrons. The molecule has 8 nitrogen and oxygen atoms in total. The number of fused-ring (bicyclic) bond motifs is 1. The molecule has 0 bridgehead atoms. The average Bonchev–Trinajstić information content (AvgIpc) is 3.05. The summed E-state index contributed by atoms with van der Waals surface area (Å²) in [4.78, 5) is 40.3. The van der Waals surface area contributed by atoms with Crippen LogP contribution in [0.25, 0.3) is 6.08 Å². The first-order chi connectivity index (χ1) is 21.8. The summed E-state index contributed by atoms with van der Waals surface area (Å²) in [5.74, 6) is -0.875. The fourth-order valence-corrected chi connectivity index (χ4v) is 5.64. The minimum atomic E-state index is -0.691. The molecule has 0 radical (unpaired) electrons. The number of benzene rings is 4. The van der Waals surface area contributed by atoms with E-state index < -0.39 is 22.9 Å². The van der Waals surface area contributed by atoms with E-state index in [0.29, 0.717) is 48.1 Å². The molecule has 0 spiro atoms. The lowest BCUT2D eigenvalue weighted by Crippen LogP contribution is -2.30. The van der Waals surface area contributed by atoms with Crippen LogP contribution in [0, 0.1) is 5.82 Å².